The summed E-state index contributed by atoms with van der Waals surface area (Å²) in [5, 5.41) is 24.6. The Kier molecular flexibility index (Phi) is 13.9. The molecule has 18 heteroatoms. The molecule has 10 rings (SSSR count). The Morgan fingerprint density at radius 3 is 1.76 bits per heavy atom. The Morgan fingerprint density at radius 2 is 1.19 bits per heavy atom. The lowest BCUT2D eigenvalue weighted by atomic mass is 9.91. The van der Waals surface area contributed by atoms with Crippen LogP contribution in [0.3, 0.4) is 0 Å². The number of aryl methyl sites for hydroxylation is 3. The number of aromatic nitrogens is 8. The lowest BCUT2D eigenvalue weighted by molar-refractivity contribution is 0.0919. The molecule has 0 aromatic carbocycles. The molecule has 2 N–H and O–H groups in total. The summed E-state index contributed by atoms with van der Waals surface area (Å²) in [5.41, 5.74) is 7.61. The van der Waals surface area contributed by atoms with Crippen LogP contribution in [-0.4, -0.2) is 117 Å². The van der Waals surface area contributed by atoms with Crippen molar-refractivity contribution in [2.24, 2.45) is 0 Å². The summed E-state index contributed by atoms with van der Waals surface area (Å²) < 4.78 is 22.8. The number of ether oxygens (including phenoxy) is 4. The highest BCUT2D eigenvalue weighted by molar-refractivity contribution is 5.93. The fourth-order valence-electron chi connectivity index (χ4n) is 9.98. The average molecular weight is 947 g/mol. The van der Waals surface area contributed by atoms with E-state index in [1.54, 1.807) is 38.7 Å². The third kappa shape index (κ3) is 10.9. The van der Waals surface area contributed by atoms with Gasteiger partial charge in [0.2, 0.25) is 11.8 Å². The molecule has 2 aliphatic heterocycles. The quantitative estimate of drug-likeness (QED) is 0.140. The third-order valence-corrected chi connectivity index (χ3v) is 13.7. The van der Waals surface area contributed by atoms with Gasteiger partial charge in [-0.25, -0.2) is 9.97 Å². The normalized spacial score (nSPS) is 18.3. The lowest BCUT2D eigenvalue weighted by Gasteiger charge is -2.33. The van der Waals surface area contributed by atoms with Gasteiger partial charge in [0.1, 0.15) is 23.7 Å². The lowest BCUT2D eigenvalue weighted by Crippen LogP contribution is -2.40. The SMILES string of the molecule is COc1ccc(OC2CCN(c3nnc(C(=O)N[C@@H]4CCc5nc(Cc6cc(C(=O)NC7CCc8ncccc8C7)nnc6N6CCC(Oc7ccc(OC)nc7)CC6)ccc5C4)cc3C)CC2)cn1. The number of carbonyl (C=O) groups is 2. The zero-order valence-corrected chi connectivity index (χ0v) is 39.8. The van der Waals surface area contributed by atoms with Gasteiger partial charge in [0.15, 0.2) is 23.0 Å². The van der Waals surface area contributed by atoms with Crippen molar-refractivity contribution in [1.29, 1.82) is 0 Å². The van der Waals surface area contributed by atoms with Gasteiger partial charge >= 0.3 is 0 Å². The van der Waals surface area contributed by atoms with Crippen LogP contribution in [0.25, 0.3) is 0 Å². The average Bonchev–Trinajstić information content (AvgIpc) is 3.39. The number of fused-ring (bicyclic) bond motifs is 2. The molecule has 0 radical (unpaired) electrons. The first-order valence-corrected chi connectivity index (χ1v) is 24.3. The fraction of sp³-hybridized carbons (Fsp3) is 0.423. The molecule has 362 valence electrons. The number of nitrogens with zero attached hydrogens (tertiary/aromatic N) is 10. The molecule has 2 saturated heterocycles. The molecule has 2 atom stereocenters. The second kappa shape index (κ2) is 21.0. The van der Waals surface area contributed by atoms with E-state index in [0.717, 1.165) is 121 Å². The van der Waals surface area contributed by atoms with Gasteiger partial charge in [0.25, 0.3) is 11.8 Å². The number of anilines is 2. The second-order valence-electron chi connectivity index (χ2n) is 18.5. The molecule has 2 amide bonds. The minimum absolute atomic E-state index is 0.0164. The van der Waals surface area contributed by atoms with Crippen LogP contribution >= 0.6 is 0 Å². The van der Waals surface area contributed by atoms with Crippen LogP contribution in [0.4, 0.5) is 11.6 Å². The van der Waals surface area contributed by atoms with Crippen LogP contribution in [0.5, 0.6) is 23.3 Å². The van der Waals surface area contributed by atoms with Crippen molar-refractivity contribution in [2.45, 2.75) is 102 Å². The van der Waals surface area contributed by atoms with Crippen molar-refractivity contribution < 1.29 is 28.5 Å². The van der Waals surface area contributed by atoms with Crippen molar-refractivity contribution in [3.63, 3.8) is 0 Å². The van der Waals surface area contributed by atoms with E-state index in [1.165, 1.54) is 0 Å². The number of nitrogens with one attached hydrogen (secondary N) is 2. The highest BCUT2D eigenvalue weighted by Crippen LogP contribution is 2.30. The smallest absolute Gasteiger partial charge is 0.272 e. The Morgan fingerprint density at radius 1 is 0.629 bits per heavy atom. The monoisotopic (exact) mass is 946 g/mol. The number of hydrogen-bond donors (Lipinski definition) is 2. The Balaban J connectivity index is 0.773. The molecular formula is C52H58N12O6. The molecule has 2 aliphatic carbocycles. The summed E-state index contributed by atoms with van der Waals surface area (Å²) in [6, 6.07) is 19.1. The van der Waals surface area contributed by atoms with Crippen molar-refractivity contribution in [3.05, 3.63) is 130 Å². The number of methoxy groups -OCH3 is 2. The summed E-state index contributed by atoms with van der Waals surface area (Å²) in [4.78, 5) is 50.0. The molecule has 4 aliphatic rings. The van der Waals surface area contributed by atoms with Crippen molar-refractivity contribution in [1.82, 2.24) is 51.0 Å². The number of pyridine rings is 4. The first kappa shape index (κ1) is 46.2. The van der Waals surface area contributed by atoms with Gasteiger partial charge in [-0.2, -0.15) is 0 Å². The molecule has 0 saturated carbocycles. The third-order valence-electron chi connectivity index (χ3n) is 13.7. The summed E-state index contributed by atoms with van der Waals surface area (Å²) in [6.07, 6.45) is 13.4. The van der Waals surface area contributed by atoms with Crippen LogP contribution in [-0.2, 0) is 32.1 Å². The van der Waals surface area contributed by atoms with Gasteiger partial charge in [-0.05, 0) is 98.5 Å². The number of rotatable bonds is 14. The molecule has 6 aromatic heterocycles. The number of hydrogen-bond acceptors (Lipinski definition) is 16. The minimum Gasteiger partial charge on any atom is -0.489 e. The van der Waals surface area contributed by atoms with E-state index >= 15 is 0 Å². The van der Waals surface area contributed by atoms with Crippen LogP contribution < -0.4 is 39.4 Å². The molecule has 0 spiro atoms. The first-order valence-electron chi connectivity index (χ1n) is 24.3. The maximum absolute atomic E-state index is 13.8. The largest absolute Gasteiger partial charge is 0.489 e. The fourth-order valence-corrected chi connectivity index (χ4v) is 9.98. The zero-order valence-electron chi connectivity index (χ0n) is 39.8. The predicted octanol–water partition coefficient (Wildman–Crippen LogP) is 5.43. The molecular weight excluding hydrogens is 889 g/mol. The van der Waals surface area contributed by atoms with E-state index in [-0.39, 0.29) is 41.8 Å². The van der Waals surface area contributed by atoms with E-state index in [2.05, 4.69) is 62.8 Å². The van der Waals surface area contributed by atoms with Crippen LogP contribution in [0.2, 0.25) is 0 Å². The Hall–Kier alpha value is -7.50. The van der Waals surface area contributed by atoms with Gasteiger partial charge in [-0.1, -0.05) is 12.1 Å². The van der Waals surface area contributed by atoms with E-state index in [0.29, 0.717) is 55.6 Å². The van der Waals surface area contributed by atoms with Gasteiger partial charge in [0, 0.05) is 111 Å². The maximum Gasteiger partial charge on any atom is 0.272 e. The standard InChI is InChI=1S/C52H58N12O6/c1-32-25-45(59-61-49(32)63-21-16-39(17-22-63)69-41-10-14-47(67-2)54-30-41)51(65)57-38-9-13-44-34(27-38)6-7-36(56-44)28-35-29-46(52(66)58-37-8-12-43-33(26-37)5-4-20-53-43)60-62-50(35)64-23-18-40(19-24-64)70-42-11-15-48(68-3)55-31-42/h4-7,10-11,14-15,20,25,29-31,37-40H,8-9,12-13,16-19,21-24,26-28H2,1-3H3,(H,57,65)(H,58,66)/t37?,38-/m1/s1. The van der Waals surface area contributed by atoms with Gasteiger partial charge in [-0.3, -0.25) is 19.6 Å². The summed E-state index contributed by atoms with van der Waals surface area (Å²) in [6.45, 7) is 4.91. The highest BCUT2D eigenvalue weighted by Gasteiger charge is 2.29. The van der Waals surface area contributed by atoms with Crippen LogP contribution in [0, 0.1) is 6.92 Å². The van der Waals surface area contributed by atoms with Crippen LogP contribution in [0.15, 0.2) is 79.3 Å². The van der Waals surface area contributed by atoms with Crippen LogP contribution in [0.1, 0.15) is 98.8 Å². The number of carbonyl (C=O) groups excluding carboxylic acids is 2. The van der Waals surface area contributed by atoms with Crippen molar-refractivity contribution in [3.8, 4) is 23.3 Å². The van der Waals surface area contributed by atoms with Crippen molar-refractivity contribution in [2.75, 3.05) is 50.2 Å². The Bertz CT molecular complexity index is 2800. The second-order valence-corrected chi connectivity index (χ2v) is 18.5. The van der Waals surface area contributed by atoms with E-state index in [1.807, 2.05) is 49.5 Å². The summed E-state index contributed by atoms with van der Waals surface area (Å²) in [5.74, 6) is 3.55. The molecule has 6 aromatic rings. The van der Waals surface area contributed by atoms with Crippen molar-refractivity contribution >= 4 is 23.5 Å². The maximum atomic E-state index is 13.8. The predicted molar refractivity (Wildman–Crippen MR) is 260 cm³/mol. The molecule has 18 nitrogen and oxygen atoms in total. The first-order chi connectivity index (χ1) is 34.2. The molecule has 0 bridgehead atoms. The van der Waals surface area contributed by atoms with E-state index in [4.69, 9.17) is 29.0 Å². The Labute approximate surface area is 407 Å². The number of piperidine rings is 2. The van der Waals surface area contributed by atoms with E-state index in [9.17, 15) is 9.59 Å². The van der Waals surface area contributed by atoms with E-state index < -0.39 is 0 Å². The minimum atomic E-state index is -0.243. The van der Waals surface area contributed by atoms with Gasteiger partial charge in [0.05, 0.1) is 26.6 Å². The van der Waals surface area contributed by atoms with Gasteiger partial charge < -0.3 is 39.4 Å². The molecule has 2 fully saturated rings. The molecule has 8 heterocycles. The summed E-state index contributed by atoms with van der Waals surface area (Å²) in [7, 11) is 3.18. The highest BCUT2D eigenvalue weighted by atomic mass is 16.5. The topological polar surface area (TPSA) is 205 Å². The number of amides is 2. The molecule has 70 heavy (non-hydrogen) atoms. The van der Waals surface area contributed by atoms with Gasteiger partial charge in [-0.15, -0.1) is 20.4 Å². The zero-order chi connectivity index (χ0) is 48.0. The summed E-state index contributed by atoms with van der Waals surface area (Å²) >= 11 is 0. The molecule has 1 unspecified atom stereocenters.